The molecule has 0 saturated heterocycles. The number of nitrogens with one attached hydrogen (secondary N) is 1. The van der Waals surface area contributed by atoms with Crippen LogP contribution in [0, 0.1) is 0 Å². The van der Waals surface area contributed by atoms with Crippen LogP contribution in [0.15, 0.2) is 41.3 Å². The number of hydrogen-bond donors (Lipinski definition) is 2. The van der Waals surface area contributed by atoms with E-state index in [-0.39, 0.29) is 6.54 Å². The molecule has 132 valence electrons. The number of aliphatic hydroxyl groups is 1. The number of nitrogens with zero attached hydrogens (tertiary/aromatic N) is 2. The van der Waals surface area contributed by atoms with E-state index in [0.717, 1.165) is 12.1 Å². The SMILES string of the molecule is CCC(O)Cn1c(=O)[nH]c2ncc(-c3cccc(C(F)(F)F)c3)cc21. The Kier molecular flexibility index (Phi) is 4.38. The summed E-state index contributed by atoms with van der Waals surface area (Å²) in [5.74, 6) is 0. The van der Waals surface area contributed by atoms with Crippen molar-refractivity contribution in [1.29, 1.82) is 0 Å². The minimum atomic E-state index is -4.44. The Hall–Kier alpha value is -2.61. The molecule has 0 aliphatic carbocycles. The Morgan fingerprint density at radius 1 is 1.28 bits per heavy atom. The molecule has 8 heteroatoms. The smallest absolute Gasteiger partial charge is 0.391 e. The minimum absolute atomic E-state index is 0.0864. The fraction of sp³-hybridized carbons (Fsp3) is 0.294. The maximum absolute atomic E-state index is 12.9. The second kappa shape index (κ2) is 6.36. The lowest BCUT2D eigenvalue weighted by molar-refractivity contribution is -0.137. The fourth-order valence-corrected chi connectivity index (χ4v) is 2.59. The quantitative estimate of drug-likeness (QED) is 0.758. The second-order valence-electron chi connectivity index (χ2n) is 5.77. The zero-order valence-corrected chi connectivity index (χ0v) is 13.3. The average Bonchev–Trinajstić information content (AvgIpc) is 2.89. The van der Waals surface area contributed by atoms with Gasteiger partial charge in [0.2, 0.25) is 0 Å². The number of hydrogen-bond acceptors (Lipinski definition) is 3. The summed E-state index contributed by atoms with van der Waals surface area (Å²) in [5.41, 5.74) is 0.392. The van der Waals surface area contributed by atoms with E-state index >= 15 is 0 Å². The molecule has 0 amide bonds. The molecule has 2 N–H and O–H groups in total. The molecular weight excluding hydrogens is 335 g/mol. The molecule has 0 fully saturated rings. The number of halogens is 3. The number of H-pyrrole nitrogens is 1. The van der Waals surface area contributed by atoms with Gasteiger partial charge in [0.1, 0.15) is 0 Å². The summed E-state index contributed by atoms with van der Waals surface area (Å²) in [7, 11) is 0. The Balaban J connectivity index is 2.10. The number of fused-ring (bicyclic) bond motifs is 1. The van der Waals surface area contributed by atoms with Crippen molar-refractivity contribution in [2.45, 2.75) is 32.2 Å². The van der Waals surface area contributed by atoms with E-state index in [9.17, 15) is 23.1 Å². The first-order chi connectivity index (χ1) is 11.8. The van der Waals surface area contributed by atoms with Gasteiger partial charge in [-0.15, -0.1) is 0 Å². The maximum Gasteiger partial charge on any atom is 0.416 e. The van der Waals surface area contributed by atoms with Crippen LogP contribution in [0.4, 0.5) is 13.2 Å². The van der Waals surface area contributed by atoms with Gasteiger partial charge in [0.15, 0.2) is 5.65 Å². The van der Waals surface area contributed by atoms with Gasteiger partial charge in [-0.2, -0.15) is 13.2 Å². The van der Waals surface area contributed by atoms with E-state index in [2.05, 4.69) is 9.97 Å². The molecule has 2 aromatic heterocycles. The predicted molar refractivity (Wildman–Crippen MR) is 87.1 cm³/mol. The molecular formula is C17H16F3N3O2. The lowest BCUT2D eigenvalue weighted by atomic mass is 10.0. The lowest BCUT2D eigenvalue weighted by Crippen LogP contribution is -2.24. The third-order valence-corrected chi connectivity index (χ3v) is 4.02. The highest BCUT2D eigenvalue weighted by atomic mass is 19.4. The number of benzene rings is 1. The lowest BCUT2D eigenvalue weighted by Gasteiger charge is -2.10. The Morgan fingerprint density at radius 2 is 2.04 bits per heavy atom. The maximum atomic E-state index is 12.9. The highest BCUT2D eigenvalue weighted by Crippen LogP contribution is 2.32. The van der Waals surface area contributed by atoms with Crippen molar-refractivity contribution in [3.8, 4) is 11.1 Å². The fourth-order valence-electron chi connectivity index (χ4n) is 2.59. The largest absolute Gasteiger partial charge is 0.416 e. The van der Waals surface area contributed by atoms with Crippen LogP contribution < -0.4 is 5.69 Å². The zero-order valence-electron chi connectivity index (χ0n) is 13.3. The molecule has 1 unspecified atom stereocenters. The standard InChI is InChI=1S/C17H16F3N3O2/c1-2-13(24)9-23-14-7-11(8-21-15(14)22-16(23)25)10-4-3-5-12(6-10)17(18,19)20/h3-8,13,24H,2,9H2,1H3,(H,21,22,25). The number of aromatic amines is 1. The first-order valence-electron chi connectivity index (χ1n) is 7.74. The van der Waals surface area contributed by atoms with E-state index in [1.165, 1.54) is 16.8 Å². The van der Waals surface area contributed by atoms with Crippen LogP contribution in [0.1, 0.15) is 18.9 Å². The van der Waals surface area contributed by atoms with E-state index in [4.69, 9.17) is 0 Å². The van der Waals surface area contributed by atoms with Crippen LogP contribution >= 0.6 is 0 Å². The molecule has 1 atom stereocenters. The summed E-state index contributed by atoms with van der Waals surface area (Å²) in [6.45, 7) is 1.87. The van der Waals surface area contributed by atoms with E-state index in [1.54, 1.807) is 19.1 Å². The van der Waals surface area contributed by atoms with Gasteiger partial charge in [-0.05, 0) is 30.2 Å². The highest BCUT2D eigenvalue weighted by molar-refractivity contribution is 5.78. The molecule has 5 nitrogen and oxygen atoms in total. The van der Waals surface area contributed by atoms with Crippen molar-refractivity contribution in [2.75, 3.05) is 0 Å². The zero-order chi connectivity index (χ0) is 18.2. The van der Waals surface area contributed by atoms with Crippen molar-refractivity contribution in [2.24, 2.45) is 0 Å². The number of alkyl halides is 3. The van der Waals surface area contributed by atoms with Crippen LogP contribution in [-0.2, 0) is 12.7 Å². The third-order valence-electron chi connectivity index (χ3n) is 4.02. The Bertz CT molecular complexity index is 960. The average molecular weight is 351 g/mol. The minimum Gasteiger partial charge on any atom is -0.391 e. The first kappa shape index (κ1) is 17.2. The summed E-state index contributed by atoms with van der Waals surface area (Å²) in [6.07, 6.45) is -3.25. The van der Waals surface area contributed by atoms with Gasteiger partial charge in [0.25, 0.3) is 0 Å². The number of pyridine rings is 1. The third kappa shape index (κ3) is 3.43. The summed E-state index contributed by atoms with van der Waals surface area (Å²) in [6, 6.07) is 6.51. The molecule has 2 heterocycles. The Morgan fingerprint density at radius 3 is 2.72 bits per heavy atom. The van der Waals surface area contributed by atoms with Gasteiger partial charge < -0.3 is 5.11 Å². The molecule has 1 aromatic carbocycles. The second-order valence-corrected chi connectivity index (χ2v) is 5.77. The molecule has 25 heavy (non-hydrogen) atoms. The molecule has 0 bridgehead atoms. The summed E-state index contributed by atoms with van der Waals surface area (Å²) >= 11 is 0. The monoisotopic (exact) mass is 351 g/mol. The van der Waals surface area contributed by atoms with Crippen molar-refractivity contribution < 1.29 is 18.3 Å². The summed E-state index contributed by atoms with van der Waals surface area (Å²) < 4.78 is 40.0. The molecule has 3 aromatic rings. The van der Waals surface area contributed by atoms with E-state index in [0.29, 0.717) is 28.7 Å². The highest BCUT2D eigenvalue weighted by Gasteiger charge is 2.30. The van der Waals surface area contributed by atoms with Crippen molar-refractivity contribution >= 4 is 11.2 Å². The number of aliphatic hydroxyl groups excluding tert-OH is 1. The number of aromatic nitrogens is 3. The molecule has 0 saturated carbocycles. The number of imidazole rings is 1. The molecule has 0 spiro atoms. The van der Waals surface area contributed by atoms with Crippen molar-refractivity contribution in [3.63, 3.8) is 0 Å². The van der Waals surface area contributed by atoms with Crippen molar-refractivity contribution in [3.05, 3.63) is 52.6 Å². The van der Waals surface area contributed by atoms with E-state index in [1.807, 2.05) is 0 Å². The van der Waals surface area contributed by atoms with Gasteiger partial charge in [0.05, 0.1) is 23.7 Å². The first-order valence-corrected chi connectivity index (χ1v) is 7.74. The predicted octanol–water partition coefficient (Wildman–Crippen LogP) is 3.18. The van der Waals surface area contributed by atoms with Gasteiger partial charge in [-0.3, -0.25) is 9.55 Å². The Labute approximate surface area is 140 Å². The van der Waals surface area contributed by atoms with Gasteiger partial charge in [0, 0.05) is 11.8 Å². The summed E-state index contributed by atoms with van der Waals surface area (Å²) in [4.78, 5) is 18.7. The van der Waals surface area contributed by atoms with Gasteiger partial charge >= 0.3 is 11.9 Å². The van der Waals surface area contributed by atoms with Crippen LogP contribution in [-0.4, -0.2) is 25.7 Å². The van der Waals surface area contributed by atoms with Crippen LogP contribution in [0.3, 0.4) is 0 Å². The molecule has 3 rings (SSSR count). The topological polar surface area (TPSA) is 70.9 Å². The van der Waals surface area contributed by atoms with Crippen LogP contribution in [0.2, 0.25) is 0 Å². The van der Waals surface area contributed by atoms with Crippen molar-refractivity contribution in [1.82, 2.24) is 14.5 Å². The van der Waals surface area contributed by atoms with Gasteiger partial charge in [-0.25, -0.2) is 9.78 Å². The summed E-state index contributed by atoms with van der Waals surface area (Å²) in [5, 5.41) is 9.81. The molecule has 0 aliphatic rings. The molecule has 0 aliphatic heterocycles. The van der Waals surface area contributed by atoms with Crippen LogP contribution in [0.5, 0.6) is 0 Å². The van der Waals surface area contributed by atoms with Crippen LogP contribution in [0.25, 0.3) is 22.3 Å². The molecule has 0 radical (unpaired) electrons. The van der Waals surface area contributed by atoms with Gasteiger partial charge in [-0.1, -0.05) is 19.1 Å². The van der Waals surface area contributed by atoms with E-state index < -0.39 is 23.5 Å². The number of rotatable bonds is 4. The normalized spacial score (nSPS) is 13.3.